The minimum Gasteiger partial charge on any atom is -0.267 e. The molecule has 1 heterocycles. The molecule has 0 atom stereocenters. The van der Waals surface area contributed by atoms with Crippen molar-refractivity contribution in [2.24, 2.45) is 5.10 Å². The van der Waals surface area contributed by atoms with E-state index in [4.69, 9.17) is 6.42 Å². The second-order valence-corrected chi connectivity index (χ2v) is 6.51. The van der Waals surface area contributed by atoms with Crippen molar-refractivity contribution >= 4 is 11.6 Å². The summed E-state index contributed by atoms with van der Waals surface area (Å²) in [6.07, 6.45) is 6.12. The number of rotatable bonds is 2. The van der Waals surface area contributed by atoms with Crippen molar-refractivity contribution in [1.29, 1.82) is 0 Å². The third-order valence-electron chi connectivity index (χ3n) is 4.61. The van der Waals surface area contributed by atoms with E-state index in [1.54, 1.807) is 6.07 Å². The maximum atomic E-state index is 13.2. The fourth-order valence-corrected chi connectivity index (χ4v) is 3.10. The van der Waals surface area contributed by atoms with Crippen molar-refractivity contribution in [3.8, 4) is 23.5 Å². The molecular formula is C24H17FN2O. The summed E-state index contributed by atoms with van der Waals surface area (Å²) >= 11 is 0. The Kier molecular flexibility index (Phi) is 4.74. The average Bonchev–Trinajstić information content (AvgIpc) is 3.11. The number of hydrogen-bond acceptors (Lipinski definition) is 2. The van der Waals surface area contributed by atoms with Crippen LogP contribution in [0.15, 0.2) is 77.9 Å². The molecule has 5 rings (SSSR count). The van der Waals surface area contributed by atoms with Crippen LogP contribution in [0.5, 0.6) is 0 Å². The number of hydrazone groups is 1. The van der Waals surface area contributed by atoms with E-state index in [0.29, 0.717) is 13.0 Å². The van der Waals surface area contributed by atoms with Gasteiger partial charge in [0.25, 0.3) is 5.91 Å². The molecule has 0 saturated heterocycles. The zero-order valence-corrected chi connectivity index (χ0v) is 15.1. The van der Waals surface area contributed by atoms with E-state index in [1.165, 1.54) is 34.3 Å². The highest BCUT2D eigenvalue weighted by Crippen LogP contribution is 2.32. The van der Waals surface area contributed by atoms with Gasteiger partial charge in [0.15, 0.2) is 0 Å². The van der Waals surface area contributed by atoms with Crippen LogP contribution in [-0.4, -0.2) is 23.2 Å². The topological polar surface area (TPSA) is 32.7 Å². The number of benzene rings is 3. The standard InChI is InChI=1S/C18H13FN2O.C6H4/c1-2-13-6-3-4-9-16(13)17-10-11-21(20-17)18(22)14-7-5-8-15(19)12-14;1-2-5-4-6(5)3-1/h1,3-9,12H,10-11H2;1-4H. The SMILES string of the molecule is C#Cc1ccccc1C1=NN(C(=O)c2cccc(F)c2)CC1.c1cc2cc-2c1. The van der Waals surface area contributed by atoms with E-state index in [1.807, 2.05) is 24.3 Å². The lowest BCUT2D eigenvalue weighted by Crippen LogP contribution is -2.23. The summed E-state index contributed by atoms with van der Waals surface area (Å²) < 4.78 is 13.2. The molecule has 2 aliphatic carbocycles. The van der Waals surface area contributed by atoms with E-state index in [0.717, 1.165) is 16.8 Å². The first-order valence-electron chi connectivity index (χ1n) is 8.97. The van der Waals surface area contributed by atoms with Crippen LogP contribution in [0.4, 0.5) is 4.39 Å². The molecule has 0 saturated carbocycles. The number of halogens is 1. The average molecular weight is 368 g/mol. The maximum absolute atomic E-state index is 13.2. The minimum absolute atomic E-state index is 0.287. The van der Waals surface area contributed by atoms with Gasteiger partial charge in [-0.1, -0.05) is 48.4 Å². The molecule has 136 valence electrons. The van der Waals surface area contributed by atoms with E-state index in [-0.39, 0.29) is 11.5 Å². The molecule has 0 spiro atoms. The Morgan fingerprint density at radius 2 is 1.75 bits per heavy atom. The molecule has 3 nitrogen and oxygen atoms in total. The van der Waals surface area contributed by atoms with Gasteiger partial charge in [-0.3, -0.25) is 4.79 Å². The molecule has 0 unspecified atom stereocenters. The van der Waals surface area contributed by atoms with Crippen LogP contribution in [0.3, 0.4) is 0 Å². The summed E-state index contributed by atoms with van der Waals surface area (Å²) in [6, 6.07) is 21.6. The van der Waals surface area contributed by atoms with Crippen molar-refractivity contribution in [2.75, 3.05) is 6.54 Å². The molecule has 3 aliphatic rings. The highest BCUT2D eigenvalue weighted by molar-refractivity contribution is 6.05. The zero-order chi connectivity index (χ0) is 19.5. The number of terminal acetylenes is 1. The normalized spacial score (nSPS) is 13.1. The molecule has 2 aromatic rings. The summed E-state index contributed by atoms with van der Waals surface area (Å²) in [7, 11) is 0. The van der Waals surface area contributed by atoms with Crippen LogP contribution >= 0.6 is 0 Å². The van der Waals surface area contributed by atoms with Crippen LogP contribution in [0.25, 0.3) is 11.1 Å². The van der Waals surface area contributed by atoms with Gasteiger partial charge in [-0.2, -0.15) is 5.10 Å². The van der Waals surface area contributed by atoms with E-state index in [9.17, 15) is 9.18 Å². The summed E-state index contributed by atoms with van der Waals surface area (Å²) in [4.78, 5) is 12.3. The quantitative estimate of drug-likeness (QED) is 0.471. The number of nitrogens with zero attached hydrogens (tertiary/aromatic N) is 2. The number of amides is 1. The first-order chi connectivity index (χ1) is 13.7. The molecule has 2 aromatic carbocycles. The molecule has 0 bridgehead atoms. The summed E-state index contributed by atoms with van der Waals surface area (Å²) in [5.41, 5.74) is 5.53. The van der Waals surface area contributed by atoms with Gasteiger partial charge in [0, 0.05) is 23.1 Å². The van der Waals surface area contributed by atoms with Gasteiger partial charge in [-0.05, 0) is 41.5 Å². The summed E-state index contributed by atoms with van der Waals surface area (Å²) in [5.74, 6) is 1.87. The smallest absolute Gasteiger partial charge is 0.267 e. The Balaban J connectivity index is 0.000000268. The highest BCUT2D eigenvalue weighted by atomic mass is 19.1. The number of hydrogen-bond donors (Lipinski definition) is 0. The molecule has 0 fully saturated rings. The lowest BCUT2D eigenvalue weighted by atomic mass is 10.0. The van der Waals surface area contributed by atoms with E-state index < -0.39 is 5.82 Å². The molecule has 28 heavy (non-hydrogen) atoms. The lowest BCUT2D eigenvalue weighted by molar-refractivity contribution is 0.0778. The Morgan fingerprint density at radius 1 is 1.00 bits per heavy atom. The Bertz CT molecular complexity index is 1110. The van der Waals surface area contributed by atoms with Gasteiger partial charge in [-0.15, -0.1) is 6.42 Å². The van der Waals surface area contributed by atoms with Gasteiger partial charge in [-0.25, -0.2) is 9.40 Å². The third-order valence-corrected chi connectivity index (χ3v) is 4.61. The second-order valence-electron chi connectivity index (χ2n) is 6.51. The van der Waals surface area contributed by atoms with Crippen molar-refractivity contribution in [3.05, 3.63) is 95.3 Å². The summed E-state index contributed by atoms with van der Waals surface area (Å²) in [6.45, 7) is 0.462. The van der Waals surface area contributed by atoms with Gasteiger partial charge >= 0.3 is 0 Å². The largest absolute Gasteiger partial charge is 0.274 e. The predicted molar refractivity (Wildman–Crippen MR) is 108 cm³/mol. The zero-order valence-electron chi connectivity index (χ0n) is 15.1. The molecular weight excluding hydrogens is 351 g/mol. The maximum Gasteiger partial charge on any atom is 0.274 e. The van der Waals surface area contributed by atoms with Crippen LogP contribution in [0.1, 0.15) is 27.9 Å². The number of carbonyl (C=O) groups is 1. The fourth-order valence-electron chi connectivity index (χ4n) is 3.10. The minimum atomic E-state index is -0.438. The molecule has 1 amide bonds. The first kappa shape index (κ1) is 17.7. The molecule has 1 aliphatic heterocycles. The lowest BCUT2D eigenvalue weighted by Gasteiger charge is -2.11. The van der Waals surface area contributed by atoms with Crippen molar-refractivity contribution in [3.63, 3.8) is 0 Å². The van der Waals surface area contributed by atoms with Crippen LogP contribution in [0.2, 0.25) is 0 Å². The van der Waals surface area contributed by atoms with Crippen molar-refractivity contribution < 1.29 is 9.18 Å². The van der Waals surface area contributed by atoms with E-state index in [2.05, 4.69) is 35.3 Å². The molecule has 0 radical (unpaired) electrons. The van der Waals surface area contributed by atoms with Crippen LogP contribution in [0, 0.1) is 18.2 Å². The fraction of sp³-hybridized carbons (Fsp3) is 0.0833. The molecule has 4 heteroatoms. The van der Waals surface area contributed by atoms with Gasteiger partial charge < -0.3 is 0 Å². The van der Waals surface area contributed by atoms with Crippen molar-refractivity contribution in [1.82, 2.24) is 5.01 Å². The number of fused-ring (bicyclic) bond motifs is 1. The second kappa shape index (κ2) is 7.50. The first-order valence-corrected chi connectivity index (χ1v) is 8.97. The van der Waals surface area contributed by atoms with Crippen LogP contribution in [-0.2, 0) is 0 Å². The monoisotopic (exact) mass is 368 g/mol. The molecule has 0 N–H and O–H groups in total. The van der Waals surface area contributed by atoms with Gasteiger partial charge in [0.05, 0.1) is 12.3 Å². The Labute approximate surface area is 163 Å². The van der Waals surface area contributed by atoms with Crippen molar-refractivity contribution in [2.45, 2.75) is 6.42 Å². The Hall–Kier alpha value is -3.71. The number of carbonyl (C=O) groups excluding carboxylic acids is 1. The Morgan fingerprint density at radius 3 is 2.39 bits per heavy atom. The summed E-state index contributed by atoms with van der Waals surface area (Å²) in [5, 5.41) is 5.71. The van der Waals surface area contributed by atoms with E-state index >= 15 is 0 Å². The van der Waals surface area contributed by atoms with Gasteiger partial charge in [0.1, 0.15) is 5.82 Å². The van der Waals surface area contributed by atoms with Crippen LogP contribution < -0.4 is 0 Å². The predicted octanol–water partition coefficient (Wildman–Crippen LogP) is 4.72. The third kappa shape index (κ3) is 3.70. The van der Waals surface area contributed by atoms with Gasteiger partial charge in [0.2, 0.25) is 0 Å². The highest BCUT2D eigenvalue weighted by Gasteiger charge is 2.23. The molecule has 0 aromatic heterocycles.